The van der Waals surface area contributed by atoms with E-state index in [0.29, 0.717) is 30.7 Å². The van der Waals surface area contributed by atoms with Crippen molar-refractivity contribution in [2.75, 3.05) is 25.9 Å². The van der Waals surface area contributed by atoms with E-state index in [1.165, 1.54) is 12.1 Å². The number of rotatable bonds is 1. The third-order valence-electron chi connectivity index (χ3n) is 3.89. The van der Waals surface area contributed by atoms with Crippen LogP contribution >= 0.6 is 0 Å². The van der Waals surface area contributed by atoms with E-state index < -0.39 is 5.82 Å². The van der Waals surface area contributed by atoms with Crippen LogP contribution in [0.2, 0.25) is 0 Å². The number of carbonyl (C=O) groups is 1. The molecule has 2 rings (SSSR count). The lowest BCUT2D eigenvalue weighted by Gasteiger charge is -2.42. The molecule has 0 aliphatic carbocycles. The standard InChI is InChI=1S/C14H20FN3O/c1-9-7-18(8-10(2)17(9)3)14(19)11-4-5-13(16)12(15)6-11/h4-6,9-10H,7-8,16H2,1-3H3. The molecule has 104 valence electrons. The van der Waals surface area contributed by atoms with Gasteiger partial charge in [-0.1, -0.05) is 0 Å². The summed E-state index contributed by atoms with van der Waals surface area (Å²) in [6.45, 7) is 5.48. The summed E-state index contributed by atoms with van der Waals surface area (Å²) in [5.74, 6) is -0.674. The highest BCUT2D eigenvalue weighted by Gasteiger charge is 2.29. The summed E-state index contributed by atoms with van der Waals surface area (Å²) >= 11 is 0. The van der Waals surface area contributed by atoms with E-state index in [2.05, 4.69) is 25.8 Å². The van der Waals surface area contributed by atoms with Crippen LogP contribution in [-0.4, -0.2) is 47.9 Å². The quantitative estimate of drug-likeness (QED) is 0.784. The van der Waals surface area contributed by atoms with Crippen LogP contribution in [-0.2, 0) is 0 Å². The highest BCUT2D eigenvalue weighted by Crippen LogP contribution is 2.18. The van der Waals surface area contributed by atoms with Crippen LogP contribution in [0.4, 0.5) is 10.1 Å². The van der Waals surface area contributed by atoms with Crippen LogP contribution in [0, 0.1) is 5.82 Å². The number of carbonyl (C=O) groups excluding carboxylic acids is 1. The van der Waals surface area contributed by atoms with Gasteiger partial charge in [-0.15, -0.1) is 0 Å². The molecule has 2 N–H and O–H groups in total. The van der Waals surface area contributed by atoms with Crippen molar-refractivity contribution < 1.29 is 9.18 Å². The zero-order chi connectivity index (χ0) is 14.2. The lowest BCUT2D eigenvalue weighted by molar-refractivity contribution is 0.0414. The Hall–Kier alpha value is -1.62. The van der Waals surface area contributed by atoms with Crippen LogP contribution in [0.25, 0.3) is 0 Å². The number of nitrogens with zero attached hydrogens (tertiary/aromatic N) is 2. The maximum Gasteiger partial charge on any atom is 0.254 e. The van der Waals surface area contributed by atoms with Crippen LogP contribution in [0.5, 0.6) is 0 Å². The first-order valence-corrected chi connectivity index (χ1v) is 6.46. The molecule has 1 aromatic carbocycles. The molecule has 0 aromatic heterocycles. The van der Waals surface area contributed by atoms with Crippen molar-refractivity contribution in [3.63, 3.8) is 0 Å². The van der Waals surface area contributed by atoms with Gasteiger partial charge in [0.15, 0.2) is 0 Å². The Bertz CT molecular complexity index is 480. The third kappa shape index (κ3) is 2.71. The summed E-state index contributed by atoms with van der Waals surface area (Å²) in [5.41, 5.74) is 5.85. The molecule has 1 amide bonds. The maximum absolute atomic E-state index is 13.4. The first-order valence-electron chi connectivity index (χ1n) is 6.46. The molecule has 0 spiro atoms. The Kier molecular flexibility index (Phi) is 3.75. The molecule has 1 saturated heterocycles. The summed E-state index contributed by atoms with van der Waals surface area (Å²) < 4.78 is 13.4. The third-order valence-corrected chi connectivity index (χ3v) is 3.89. The van der Waals surface area contributed by atoms with Gasteiger partial charge in [0, 0.05) is 30.7 Å². The second-order valence-electron chi connectivity index (χ2n) is 5.31. The molecule has 19 heavy (non-hydrogen) atoms. The summed E-state index contributed by atoms with van der Waals surface area (Å²) in [6, 6.07) is 4.82. The fraction of sp³-hybridized carbons (Fsp3) is 0.500. The van der Waals surface area contributed by atoms with Crippen LogP contribution < -0.4 is 5.73 Å². The van der Waals surface area contributed by atoms with E-state index in [1.54, 1.807) is 11.0 Å². The monoisotopic (exact) mass is 265 g/mol. The number of piperazine rings is 1. The van der Waals surface area contributed by atoms with Gasteiger partial charge >= 0.3 is 0 Å². The molecule has 1 fully saturated rings. The van der Waals surface area contributed by atoms with E-state index in [-0.39, 0.29) is 11.6 Å². The molecule has 0 bridgehead atoms. The topological polar surface area (TPSA) is 49.6 Å². The maximum atomic E-state index is 13.4. The molecule has 2 atom stereocenters. The molecule has 0 saturated carbocycles. The fourth-order valence-corrected chi connectivity index (χ4v) is 2.41. The van der Waals surface area contributed by atoms with Crippen molar-refractivity contribution in [3.05, 3.63) is 29.6 Å². The fourth-order valence-electron chi connectivity index (χ4n) is 2.41. The summed E-state index contributed by atoms with van der Waals surface area (Å²) in [6.07, 6.45) is 0. The highest BCUT2D eigenvalue weighted by atomic mass is 19.1. The first kappa shape index (κ1) is 13.8. The van der Waals surface area contributed by atoms with Gasteiger partial charge in [0.1, 0.15) is 5.82 Å². The Morgan fingerprint density at radius 2 is 1.89 bits per heavy atom. The average molecular weight is 265 g/mol. The minimum atomic E-state index is -0.541. The van der Waals surface area contributed by atoms with Crippen molar-refractivity contribution in [1.29, 1.82) is 0 Å². The molecule has 5 heteroatoms. The molecule has 0 radical (unpaired) electrons. The van der Waals surface area contributed by atoms with Gasteiger partial charge in [0.25, 0.3) is 5.91 Å². The zero-order valence-corrected chi connectivity index (χ0v) is 11.6. The molecule has 1 aromatic rings. The second-order valence-corrected chi connectivity index (χ2v) is 5.31. The summed E-state index contributed by atoms with van der Waals surface area (Å²) in [4.78, 5) is 16.4. The lowest BCUT2D eigenvalue weighted by Crippen LogP contribution is -2.56. The highest BCUT2D eigenvalue weighted by molar-refractivity contribution is 5.94. The van der Waals surface area contributed by atoms with E-state index >= 15 is 0 Å². The molecule has 1 aliphatic heterocycles. The van der Waals surface area contributed by atoms with Gasteiger partial charge in [0.05, 0.1) is 5.69 Å². The van der Waals surface area contributed by atoms with E-state index in [1.807, 2.05) is 0 Å². The number of nitrogen functional groups attached to an aromatic ring is 1. The van der Waals surface area contributed by atoms with Crippen molar-refractivity contribution in [1.82, 2.24) is 9.80 Å². The van der Waals surface area contributed by atoms with Gasteiger partial charge < -0.3 is 10.6 Å². The normalized spacial score (nSPS) is 24.5. The van der Waals surface area contributed by atoms with E-state index in [9.17, 15) is 9.18 Å². The van der Waals surface area contributed by atoms with Crippen molar-refractivity contribution in [3.8, 4) is 0 Å². The molecule has 4 nitrogen and oxygen atoms in total. The number of amides is 1. The number of nitrogens with two attached hydrogens (primary N) is 1. The van der Waals surface area contributed by atoms with Crippen LogP contribution in [0.3, 0.4) is 0 Å². The molecular formula is C14H20FN3O. The number of benzene rings is 1. The number of likely N-dealkylation sites (N-methyl/N-ethyl adjacent to an activating group) is 1. The van der Waals surface area contributed by atoms with Crippen molar-refractivity contribution >= 4 is 11.6 Å². The van der Waals surface area contributed by atoms with Crippen molar-refractivity contribution in [2.24, 2.45) is 0 Å². The Labute approximate surface area is 113 Å². The van der Waals surface area contributed by atoms with E-state index in [4.69, 9.17) is 5.73 Å². The Morgan fingerprint density at radius 3 is 2.42 bits per heavy atom. The zero-order valence-electron chi connectivity index (χ0n) is 11.6. The summed E-state index contributed by atoms with van der Waals surface area (Å²) in [7, 11) is 2.06. The van der Waals surface area contributed by atoms with Gasteiger partial charge in [-0.3, -0.25) is 9.69 Å². The van der Waals surface area contributed by atoms with Crippen LogP contribution in [0.1, 0.15) is 24.2 Å². The number of anilines is 1. The molecule has 2 unspecified atom stereocenters. The van der Waals surface area contributed by atoms with Crippen LogP contribution in [0.15, 0.2) is 18.2 Å². The molecule has 1 aliphatic rings. The van der Waals surface area contributed by atoms with Crippen molar-refractivity contribution in [2.45, 2.75) is 25.9 Å². The SMILES string of the molecule is CC1CN(C(=O)c2ccc(N)c(F)c2)CC(C)N1C. The molecule has 1 heterocycles. The lowest BCUT2D eigenvalue weighted by atomic mass is 10.1. The van der Waals surface area contributed by atoms with Gasteiger partial charge in [-0.05, 0) is 39.1 Å². The number of hydrogen-bond donors (Lipinski definition) is 1. The van der Waals surface area contributed by atoms with Gasteiger partial charge in [-0.25, -0.2) is 4.39 Å². The molecular weight excluding hydrogens is 245 g/mol. The van der Waals surface area contributed by atoms with E-state index in [0.717, 1.165) is 0 Å². The minimum absolute atomic E-state index is 0.0664. The first-order chi connectivity index (χ1) is 8.90. The van der Waals surface area contributed by atoms with Gasteiger partial charge in [-0.2, -0.15) is 0 Å². The average Bonchev–Trinajstić information content (AvgIpc) is 2.37. The Morgan fingerprint density at radius 1 is 1.32 bits per heavy atom. The number of halogens is 1. The van der Waals surface area contributed by atoms with Gasteiger partial charge in [0.2, 0.25) is 0 Å². The largest absolute Gasteiger partial charge is 0.396 e. The minimum Gasteiger partial charge on any atom is -0.396 e. The predicted octanol–water partition coefficient (Wildman–Crippen LogP) is 1.57. The second kappa shape index (κ2) is 5.17. The summed E-state index contributed by atoms with van der Waals surface area (Å²) in [5, 5.41) is 0. The predicted molar refractivity (Wildman–Crippen MR) is 73.4 cm³/mol. The Balaban J connectivity index is 2.17. The number of hydrogen-bond acceptors (Lipinski definition) is 3. The smallest absolute Gasteiger partial charge is 0.254 e.